The summed E-state index contributed by atoms with van der Waals surface area (Å²) in [5, 5.41) is 17.9. The third kappa shape index (κ3) is 4.17. The first-order chi connectivity index (χ1) is 13.9. The second kappa shape index (κ2) is 8.17. The van der Waals surface area contributed by atoms with Gasteiger partial charge < -0.3 is 15.2 Å². The van der Waals surface area contributed by atoms with Crippen LogP contribution in [0.25, 0.3) is 11.4 Å². The van der Waals surface area contributed by atoms with Gasteiger partial charge in [-0.2, -0.15) is 5.21 Å². The number of tetrazole rings is 1. The standard InChI is InChI=1S/C17H17Cl3N8O/c1-8-13(19)14(20)15(21-8)17(29)22-10-2-4-28(5-3-10)12-7-9(6-11(18)23-12)16-24-26-27-25-16/h6-7,10,21H,2-5H2,1H3,(H,22,29)(H,24,25,26,27). The first-order valence-electron chi connectivity index (χ1n) is 8.93. The van der Waals surface area contributed by atoms with Crippen LogP contribution in [-0.4, -0.2) is 55.6 Å². The van der Waals surface area contributed by atoms with Crippen molar-refractivity contribution in [2.45, 2.75) is 25.8 Å². The van der Waals surface area contributed by atoms with Gasteiger partial charge in [-0.05, 0) is 37.1 Å². The Morgan fingerprint density at radius 2 is 1.97 bits per heavy atom. The molecule has 9 nitrogen and oxygen atoms in total. The molecular formula is C17H17Cl3N8O. The zero-order valence-electron chi connectivity index (χ0n) is 15.3. The van der Waals surface area contributed by atoms with Crippen molar-refractivity contribution in [3.05, 3.63) is 38.7 Å². The molecule has 0 unspecified atom stereocenters. The quantitative estimate of drug-likeness (QED) is 0.520. The predicted molar refractivity (Wildman–Crippen MR) is 111 cm³/mol. The van der Waals surface area contributed by atoms with E-state index in [4.69, 9.17) is 34.8 Å². The fourth-order valence-corrected chi connectivity index (χ4v) is 3.92. The fourth-order valence-electron chi connectivity index (χ4n) is 3.30. The number of H-pyrrole nitrogens is 2. The number of aromatic nitrogens is 6. The number of carbonyl (C=O) groups excluding carboxylic acids is 1. The van der Waals surface area contributed by atoms with Crippen LogP contribution in [-0.2, 0) is 0 Å². The van der Waals surface area contributed by atoms with Gasteiger partial charge in [-0.1, -0.05) is 34.8 Å². The predicted octanol–water partition coefficient (Wildman–Crippen LogP) is 3.26. The maximum atomic E-state index is 12.5. The summed E-state index contributed by atoms with van der Waals surface area (Å²) >= 11 is 18.4. The van der Waals surface area contributed by atoms with E-state index in [9.17, 15) is 4.79 Å². The SMILES string of the molecule is Cc1[nH]c(C(=O)NC2CCN(c3cc(-c4nn[nH]n4)cc(Cl)n3)CC2)c(Cl)c1Cl. The lowest BCUT2D eigenvalue weighted by atomic mass is 10.0. The Kier molecular flexibility index (Phi) is 5.62. The van der Waals surface area contributed by atoms with E-state index < -0.39 is 0 Å². The van der Waals surface area contributed by atoms with Gasteiger partial charge in [-0.3, -0.25) is 4.79 Å². The van der Waals surface area contributed by atoms with Crippen LogP contribution in [0.3, 0.4) is 0 Å². The van der Waals surface area contributed by atoms with E-state index >= 15 is 0 Å². The first kappa shape index (κ1) is 19.9. The van der Waals surface area contributed by atoms with E-state index in [1.54, 1.807) is 13.0 Å². The topological polar surface area (TPSA) is 115 Å². The number of nitrogens with zero attached hydrogens (tertiary/aromatic N) is 5. The van der Waals surface area contributed by atoms with Gasteiger partial charge in [0.1, 0.15) is 16.7 Å². The molecular weight excluding hydrogens is 439 g/mol. The molecule has 1 aliphatic heterocycles. The van der Waals surface area contributed by atoms with Gasteiger partial charge in [0.2, 0.25) is 5.82 Å². The number of aromatic amines is 2. The number of halogens is 3. The lowest BCUT2D eigenvalue weighted by Crippen LogP contribution is -2.45. The van der Waals surface area contributed by atoms with Gasteiger partial charge in [-0.15, -0.1) is 10.2 Å². The van der Waals surface area contributed by atoms with E-state index in [-0.39, 0.29) is 22.7 Å². The van der Waals surface area contributed by atoms with Crippen LogP contribution in [0.5, 0.6) is 0 Å². The van der Waals surface area contributed by atoms with Crippen molar-refractivity contribution in [2.24, 2.45) is 0 Å². The zero-order chi connectivity index (χ0) is 20.5. The first-order valence-corrected chi connectivity index (χ1v) is 10.1. The van der Waals surface area contributed by atoms with Crippen molar-refractivity contribution < 1.29 is 4.79 Å². The third-order valence-corrected chi connectivity index (χ3v) is 5.96. The lowest BCUT2D eigenvalue weighted by Gasteiger charge is -2.33. The van der Waals surface area contributed by atoms with Gasteiger partial charge >= 0.3 is 0 Å². The minimum absolute atomic E-state index is 0.0214. The maximum Gasteiger partial charge on any atom is 0.269 e. The van der Waals surface area contributed by atoms with Crippen LogP contribution in [0.4, 0.5) is 5.82 Å². The number of rotatable bonds is 4. The second-order valence-corrected chi connectivity index (χ2v) is 7.90. The van der Waals surface area contributed by atoms with Gasteiger partial charge in [0.25, 0.3) is 5.91 Å². The molecule has 4 rings (SSSR count). The van der Waals surface area contributed by atoms with Crippen molar-refractivity contribution >= 4 is 46.5 Å². The number of nitrogens with one attached hydrogen (secondary N) is 3. The molecule has 4 heterocycles. The largest absolute Gasteiger partial charge is 0.356 e. The number of aryl methyl sites for hydroxylation is 1. The van der Waals surface area contributed by atoms with Gasteiger partial charge in [0.05, 0.1) is 10.0 Å². The molecule has 12 heteroatoms. The van der Waals surface area contributed by atoms with Crippen molar-refractivity contribution in [3.63, 3.8) is 0 Å². The number of pyridine rings is 1. The van der Waals surface area contributed by atoms with Crippen LogP contribution in [0.2, 0.25) is 15.2 Å². The molecule has 1 amide bonds. The molecule has 0 saturated carbocycles. The number of carbonyl (C=O) groups is 1. The Balaban J connectivity index is 1.41. The molecule has 1 saturated heterocycles. The molecule has 0 bridgehead atoms. The summed E-state index contributed by atoms with van der Waals surface area (Å²) in [5.74, 6) is 0.926. The fraction of sp³-hybridized carbons (Fsp3) is 0.353. The molecule has 152 valence electrons. The van der Waals surface area contributed by atoms with Crippen LogP contribution >= 0.6 is 34.8 Å². The van der Waals surface area contributed by atoms with E-state index in [0.29, 0.717) is 34.8 Å². The molecule has 0 spiro atoms. The zero-order valence-corrected chi connectivity index (χ0v) is 17.6. The Morgan fingerprint density at radius 3 is 2.59 bits per heavy atom. The Bertz CT molecular complexity index is 1030. The monoisotopic (exact) mass is 454 g/mol. The molecule has 1 fully saturated rings. The lowest BCUT2D eigenvalue weighted by molar-refractivity contribution is 0.0926. The highest BCUT2D eigenvalue weighted by molar-refractivity contribution is 6.44. The number of hydrogen-bond acceptors (Lipinski definition) is 6. The Labute approximate surface area is 181 Å². The van der Waals surface area contributed by atoms with Crippen LogP contribution in [0.1, 0.15) is 29.0 Å². The van der Waals surface area contributed by atoms with E-state index in [1.165, 1.54) is 0 Å². The highest BCUT2D eigenvalue weighted by Gasteiger charge is 2.25. The average molecular weight is 456 g/mol. The van der Waals surface area contributed by atoms with Gasteiger partial charge in [0.15, 0.2) is 0 Å². The highest BCUT2D eigenvalue weighted by atomic mass is 35.5. The van der Waals surface area contributed by atoms with Crippen molar-refractivity contribution in [1.82, 2.24) is 35.9 Å². The van der Waals surface area contributed by atoms with Crippen molar-refractivity contribution in [3.8, 4) is 11.4 Å². The summed E-state index contributed by atoms with van der Waals surface area (Å²) in [6.45, 7) is 3.19. The minimum Gasteiger partial charge on any atom is -0.356 e. The molecule has 0 aromatic carbocycles. The highest BCUT2D eigenvalue weighted by Crippen LogP contribution is 2.30. The van der Waals surface area contributed by atoms with E-state index in [1.807, 2.05) is 6.07 Å². The second-order valence-electron chi connectivity index (χ2n) is 6.76. The molecule has 3 N–H and O–H groups in total. The summed E-state index contributed by atoms with van der Waals surface area (Å²) in [6.07, 6.45) is 1.50. The smallest absolute Gasteiger partial charge is 0.269 e. The number of piperidine rings is 1. The molecule has 29 heavy (non-hydrogen) atoms. The Morgan fingerprint density at radius 1 is 1.21 bits per heavy atom. The minimum atomic E-state index is -0.260. The summed E-state index contributed by atoms with van der Waals surface area (Å²) < 4.78 is 0. The summed E-state index contributed by atoms with van der Waals surface area (Å²) in [5.41, 5.74) is 1.69. The van der Waals surface area contributed by atoms with Gasteiger partial charge in [-0.25, -0.2) is 4.98 Å². The van der Waals surface area contributed by atoms with E-state index in [0.717, 1.165) is 24.2 Å². The normalized spacial score (nSPS) is 15.0. The summed E-state index contributed by atoms with van der Waals surface area (Å²) in [7, 11) is 0. The third-order valence-electron chi connectivity index (χ3n) is 4.82. The molecule has 0 aliphatic carbocycles. The number of anilines is 1. The van der Waals surface area contributed by atoms with Crippen LogP contribution in [0, 0.1) is 6.92 Å². The van der Waals surface area contributed by atoms with E-state index in [2.05, 4.69) is 40.8 Å². The van der Waals surface area contributed by atoms with Gasteiger partial charge in [0, 0.05) is 30.4 Å². The molecule has 3 aromatic rings. The summed E-state index contributed by atoms with van der Waals surface area (Å²) in [6, 6.07) is 3.59. The molecule has 3 aromatic heterocycles. The van der Waals surface area contributed by atoms with Crippen molar-refractivity contribution in [2.75, 3.05) is 18.0 Å². The summed E-state index contributed by atoms with van der Waals surface area (Å²) in [4.78, 5) is 22.0. The molecule has 0 radical (unpaired) electrons. The number of amides is 1. The number of hydrogen-bond donors (Lipinski definition) is 3. The molecule has 0 atom stereocenters. The Hall–Kier alpha value is -2.36. The van der Waals surface area contributed by atoms with Crippen LogP contribution < -0.4 is 10.2 Å². The van der Waals surface area contributed by atoms with Crippen molar-refractivity contribution in [1.29, 1.82) is 0 Å². The maximum absolute atomic E-state index is 12.5. The van der Waals surface area contributed by atoms with Crippen LogP contribution in [0.15, 0.2) is 12.1 Å². The average Bonchev–Trinajstić information content (AvgIpc) is 3.33. The molecule has 1 aliphatic rings.